The highest BCUT2D eigenvalue weighted by Gasteiger charge is 2.20. The zero-order valence-corrected chi connectivity index (χ0v) is 14.6. The zero-order chi connectivity index (χ0) is 18.1. The number of benzene rings is 1. The van der Waals surface area contributed by atoms with Crippen molar-refractivity contribution in [3.05, 3.63) is 70.6 Å². The molecule has 0 atom stereocenters. The molecule has 0 fully saturated rings. The lowest BCUT2D eigenvalue weighted by atomic mass is 10.1. The van der Waals surface area contributed by atoms with Crippen molar-refractivity contribution in [2.75, 3.05) is 0 Å². The molecule has 1 aromatic carbocycles. The van der Waals surface area contributed by atoms with E-state index >= 15 is 0 Å². The summed E-state index contributed by atoms with van der Waals surface area (Å²) in [5.74, 6) is 0.293. The number of furan rings is 1. The van der Waals surface area contributed by atoms with Gasteiger partial charge >= 0.3 is 0 Å². The van der Waals surface area contributed by atoms with Crippen LogP contribution < -0.4 is 5.32 Å². The molecule has 4 aromatic rings. The number of halogens is 1. The van der Waals surface area contributed by atoms with E-state index in [2.05, 4.69) is 15.5 Å². The second-order valence-electron chi connectivity index (χ2n) is 5.79. The lowest BCUT2D eigenvalue weighted by molar-refractivity contribution is 0.0952. The van der Waals surface area contributed by atoms with Crippen LogP contribution in [0, 0.1) is 6.92 Å². The van der Waals surface area contributed by atoms with Crippen LogP contribution in [0.25, 0.3) is 22.6 Å². The third kappa shape index (κ3) is 3.07. The maximum atomic E-state index is 12.8. The molecule has 0 unspecified atom stereocenters. The maximum absolute atomic E-state index is 12.8. The topological polar surface area (TPSA) is 81.2 Å². The van der Waals surface area contributed by atoms with Crippen LogP contribution in [0.5, 0.6) is 0 Å². The molecule has 4 rings (SSSR count). The molecule has 0 bridgehead atoms. The molecule has 130 valence electrons. The summed E-state index contributed by atoms with van der Waals surface area (Å²) in [6.45, 7) is 2.12. The fraction of sp³-hybridized carbons (Fsp3) is 0.105. The van der Waals surface area contributed by atoms with Crippen molar-refractivity contribution < 1.29 is 13.7 Å². The van der Waals surface area contributed by atoms with E-state index in [-0.39, 0.29) is 5.91 Å². The number of aryl methyl sites for hydroxylation is 1. The van der Waals surface area contributed by atoms with E-state index in [1.54, 1.807) is 37.5 Å². The van der Waals surface area contributed by atoms with Gasteiger partial charge in [-0.15, -0.1) is 0 Å². The minimum absolute atomic E-state index is 0.253. The first-order valence-electron chi connectivity index (χ1n) is 7.95. The largest absolute Gasteiger partial charge is 0.463 e. The highest BCUT2D eigenvalue weighted by atomic mass is 35.5. The number of amides is 1. The van der Waals surface area contributed by atoms with Crippen LogP contribution in [0.2, 0.25) is 5.02 Å². The van der Waals surface area contributed by atoms with Gasteiger partial charge in [0.1, 0.15) is 5.69 Å². The standard InChI is InChI=1S/C19H14ClN3O3/c1-11-17-14(18(24)21-10-12-4-2-5-13(20)8-12)9-15(16-6-3-7-25-16)22-19(17)26-23-11/h2-9H,10H2,1H3,(H,21,24). The van der Waals surface area contributed by atoms with Gasteiger partial charge in [0.2, 0.25) is 0 Å². The highest BCUT2D eigenvalue weighted by Crippen LogP contribution is 2.27. The minimum Gasteiger partial charge on any atom is -0.463 e. The monoisotopic (exact) mass is 367 g/mol. The third-order valence-electron chi connectivity index (χ3n) is 3.98. The third-order valence-corrected chi connectivity index (χ3v) is 4.21. The summed E-state index contributed by atoms with van der Waals surface area (Å²) in [6, 6.07) is 12.5. The molecule has 26 heavy (non-hydrogen) atoms. The summed E-state index contributed by atoms with van der Waals surface area (Å²) >= 11 is 5.99. The van der Waals surface area contributed by atoms with E-state index in [1.165, 1.54) is 0 Å². The Balaban J connectivity index is 1.69. The molecular weight excluding hydrogens is 354 g/mol. The number of hydrogen-bond acceptors (Lipinski definition) is 5. The van der Waals surface area contributed by atoms with Gasteiger partial charge in [-0.1, -0.05) is 28.9 Å². The summed E-state index contributed by atoms with van der Waals surface area (Å²) < 4.78 is 10.6. The van der Waals surface area contributed by atoms with Crippen LogP contribution in [0.3, 0.4) is 0 Å². The number of hydrogen-bond donors (Lipinski definition) is 1. The Morgan fingerprint density at radius 3 is 2.88 bits per heavy atom. The van der Waals surface area contributed by atoms with Crippen molar-refractivity contribution in [2.45, 2.75) is 13.5 Å². The van der Waals surface area contributed by atoms with E-state index < -0.39 is 0 Å². The molecule has 1 amide bonds. The van der Waals surface area contributed by atoms with E-state index in [9.17, 15) is 4.79 Å². The minimum atomic E-state index is -0.253. The summed E-state index contributed by atoms with van der Waals surface area (Å²) in [5, 5.41) is 8.03. The molecule has 6 nitrogen and oxygen atoms in total. The van der Waals surface area contributed by atoms with Gasteiger partial charge in [-0.2, -0.15) is 0 Å². The van der Waals surface area contributed by atoms with Gasteiger partial charge in [0, 0.05) is 11.6 Å². The Morgan fingerprint density at radius 2 is 2.12 bits per heavy atom. The molecule has 3 aromatic heterocycles. The Bertz CT molecular complexity index is 1090. The fourth-order valence-electron chi connectivity index (χ4n) is 2.75. The molecule has 3 heterocycles. The van der Waals surface area contributed by atoms with E-state index in [1.807, 2.05) is 18.2 Å². The summed E-state index contributed by atoms with van der Waals surface area (Å²) in [7, 11) is 0. The average molecular weight is 368 g/mol. The Morgan fingerprint density at radius 1 is 1.23 bits per heavy atom. The predicted molar refractivity (Wildman–Crippen MR) is 96.9 cm³/mol. The van der Waals surface area contributed by atoms with Gasteiger partial charge in [-0.3, -0.25) is 4.79 Å². The van der Waals surface area contributed by atoms with Crippen molar-refractivity contribution in [3.63, 3.8) is 0 Å². The first-order chi connectivity index (χ1) is 12.6. The first kappa shape index (κ1) is 16.4. The number of pyridine rings is 1. The van der Waals surface area contributed by atoms with Gasteiger partial charge in [0.15, 0.2) is 5.76 Å². The number of fused-ring (bicyclic) bond motifs is 1. The lowest BCUT2D eigenvalue weighted by Crippen LogP contribution is -2.23. The van der Waals surface area contributed by atoms with Crippen molar-refractivity contribution in [1.29, 1.82) is 0 Å². The van der Waals surface area contributed by atoms with Crippen LogP contribution in [-0.2, 0) is 6.54 Å². The lowest BCUT2D eigenvalue weighted by Gasteiger charge is -2.08. The maximum Gasteiger partial charge on any atom is 0.259 e. The highest BCUT2D eigenvalue weighted by molar-refractivity contribution is 6.30. The predicted octanol–water partition coefficient (Wildman–Crippen LogP) is 4.37. The van der Waals surface area contributed by atoms with Gasteiger partial charge in [0.05, 0.1) is 22.9 Å². The first-order valence-corrected chi connectivity index (χ1v) is 8.33. The number of carbonyl (C=O) groups excluding carboxylic acids is 1. The Kier molecular flexibility index (Phi) is 4.18. The van der Waals surface area contributed by atoms with Crippen LogP contribution in [-0.4, -0.2) is 16.0 Å². The van der Waals surface area contributed by atoms with Crippen LogP contribution >= 0.6 is 11.6 Å². The number of rotatable bonds is 4. The quantitative estimate of drug-likeness (QED) is 0.579. The van der Waals surface area contributed by atoms with Crippen LogP contribution in [0.15, 0.2) is 57.7 Å². The molecule has 7 heteroatoms. The van der Waals surface area contributed by atoms with Crippen molar-refractivity contribution in [3.8, 4) is 11.5 Å². The number of carbonyl (C=O) groups is 1. The smallest absolute Gasteiger partial charge is 0.259 e. The van der Waals surface area contributed by atoms with Crippen LogP contribution in [0.1, 0.15) is 21.6 Å². The van der Waals surface area contributed by atoms with E-state index in [0.29, 0.717) is 45.4 Å². The van der Waals surface area contributed by atoms with Gasteiger partial charge in [-0.25, -0.2) is 4.98 Å². The number of aromatic nitrogens is 2. The Labute approximate surface area is 153 Å². The Hall–Kier alpha value is -3.12. The fourth-order valence-corrected chi connectivity index (χ4v) is 2.96. The molecular formula is C19H14ClN3O3. The molecule has 0 saturated heterocycles. The molecule has 0 aliphatic carbocycles. The second kappa shape index (κ2) is 6.65. The van der Waals surface area contributed by atoms with Crippen molar-refractivity contribution in [1.82, 2.24) is 15.5 Å². The summed E-state index contributed by atoms with van der Waals surface area (Å²) in [4.78, 5) is 17.2. The van der Waals surface area contributed by atoms with Crippen LogP contribution in [0.4, 0.5) is 0 Å². The summed E-state index contributed by atoms with van der Waals surface area (Å²) in [6.07, 6.45) is 1.55. The SMILES string of the molecule is Cc1noc2nc(-c3ccco3)cc(C(=O)NCc3cccc(Cl)c3)c12. The molecule has 0 saturated carbocycles. The molecule has 0 radical (unpaired) electrons. The normalized spacial score (nSPS) is 11.0. The van der Waals surface area contributed by atoms with E-state index in [4.69, 9.17) is 20.5 Å². The number of nitrogens with zero attached hydrogens (tertiary/aromatic N) is 2. The van der Waals surface area contributed by atoms with Gasteiger partial charge < -0.3 is 14.3 Å². The molecule has 1 N–H and O–H groups in total. The zero-order valence-electron chi connectivity index (χ0n) is 13.8. The van der Waals surface area contributed by atoms with Crippen molar-refractivity contribution in [2.24, 2.45) is 0 Å². The molecule has 0 spiro atoms. The summed E-state index contributed by atoms with van der Waals surface area (Å²) in [5.41, 5.74) is 2.74. The molecule has 0 aliphatic heterocycles. The van der Waals surface area contributed by atoms with Gasteiger partial charge in [-0.05, 0) is 42.8 Å². The molecule has 0 aliphatic rings. The number of nitrogens with one attached hydrogen (secondary N) is 1. The average Bonchev–Trinajstić information content (AvgIpc) is 3.29. The van der Waals surface area contributed by atoms with Crippen molar-refractivity contribution >= 4 is 28.6 Å². The van der Waals surface area contributed by atoms with Gasteiger partial charge in [0.25, 0.3) is 11.6 Å². The second-order valence-corrected chi connectivity index (χ2v) is 6.23. The van der Waals surface area contributed by atoms with E-state index in [0.717, 1.165) is 5.56 Å².